The molecule has 0 aromatic heterocycles. The minimum Gasteiger partial charge on any atom is -0.490 e. The van der Waals surface area contributed by atoms with Crippen LogP contribution in [0.3, 0.4) is 0 Å². The lowest BCUT2D eigenvalue weighted by molar-refractivity contribution is -0.137. The molecule has 29 heavy (non-hydrogen) atoms. The van der Waals surface area contributed by atoms with Gasteiger partial charge in [0.2, 0.25) is 0 Å². The molecule has 0 aromatic rings. The zero-order valence-corrected chi connectivity index (χ0v) is 17.9. The Hall–Kier alpha value is -1.99. The Morgan fingerprint density at radius 1 is 1.45 bits per heavy atom. The molecule has 1 heterocycles. The lowest BCUT2D eigenvalue weighted by Crippen LogP contribution is -2.19. The van der Waals surface area contributed by atoms with E-state index in [0.717, 1.165) is 31.4 Å². The second-order valence-electron chi connectivity index (χ2n) is 8.83. The van der Waals surface area contributed by atoms with Gasteiger partial charge in [-0.2, -0.15) is 0 Å². The fraction of sp³-hybridized carbons (Fsp3) is 0.640. The molecule has 0 bridgehead atoms. The number of ether oxygens (including phenoxy) is 1. The minimum absolute atomic E-state index is 0.124. The Kier molecular flexibility index (Phi) is 7.24. The number of hydrogen-bond donors (Lipinski definition) is 2. The predicted molar refractivity (Wildman–Crippen MR) is 114 cm³/mol. The Bertz CT molecular complexity index is 763. The molecule has 0 amide bonds. The monoisotopic (exact) mass is 398 g/mol. The van der Waals surface area contributed by atoms with Gasteiger partial charge in [-0.3, -0.25) is 4.79 Å². The smallest absolute Gasteiger partial charge is 0.303 e. The van der Waals surface area contributed by atoms with Gasteiger partial charge in [0.05, 0.1) is 6.10 Å². The van der Waals surface area contributed by atoms with Crippen LogP contribution in [0.15, 0.2) is 35.1 Å². The first kappa shape index (κ1) is 21.7. The molecule has 4 unspecified atom stereocenters. The second-order valence-corrected chi connectivity index (χ2v) is 8.83. The summed E-state index contributed by atoms with van der Waals surface area (Å²) < 4.78 is 6.42. The average Bonchev–Trinajstić information content (AvgIpc) is 3.19. The number of carboxylic acids is 1. The van der Waals surface area contributed by atoms with Crippen LogP contribution in [0, 0.1) is 35.5 Å². The highest BCUT2D eigenvalue weighted by atomic mass is 16.5. The summed E-state index contributed by atoms with van der Waals surface area (Å²) in [5.74, 6) is 7.68. The number of aliphatic hydroxyl groups is 1. The topological polar surface area (TPSA) is 66.8 Å². The molecule has 1 saturated carbocycles. The molecule has 0 radical (unpaired) electrons. The zero-order chi connectivity index (χ0) is 21.0. The van der Waals surface area contributed by atoms with Crippen LogP contribution in [0.2, 0.25) is 0 Å². The van der Waals surface area contributed by atoms with E-state index in [1.165, 1.54) is 11.1 Å². The van der Waals surface area contributed by atoms with Crippen molar-refractivity contribution in [1.82, 2.24) is 0 Å². The van der Waals surface area contributed by atoms with Crippen molar-refractivity contribution in [3.63, 3.8) is 0 Å². The van der Waals surface area contributed by atoms with E-state index in [1.54, 1.807) is 0 Å². The maximum Gasteiger partial charge on any atom is 0.303 e. The quantitative estimate of drug-likeness (QED) is 0.453. The Morgan fingerprint density at radius 3 is 2.97 bits per heavy atom. The van der Waals surface area contributed by atoms with E-state index in [9.17, 15) is 9.90 Å². The summed E-state index contributed by atoms with van der Waals surface area (Å²) in [4.78, 5) is 10.8. The fourth-order valence-corrected chi connectivity index (χ4v) is 5.06. The number of carbonyl (C=O) groups is 1. The zero-order valence-electron chi connectivity index (χ0n) is 17.9. The van der Waals surface area contributed by atoms with Gasteiger partial charge in [0.1, 0.15) is 11.9 Å². The molecule has 6 atom stereocenters. The SMILES string of the molecule is CC#CC[C@@H](C)C(O)/C=C/[C@@H]1C(C)CC2OC3=C(CCC=C3CCCC(=O)O)C21. The summed E-state index contributed by atoms with van der Waals surface area (Å²) >= 11 is 0. The van der Waals surface area contributed by atoms with Gasteiger partial charge in [0.25, 0.3) is 0 Å². The van der Waals surface area contributed by atoms with Crippen molar-refractivity contribution in [1.29, 1.82) is 0 Å². The van der Waals surface area contributed by atoms with Gasteiger partial charge in [-0.15, -0.1) is 11.8 Å². The molecule has 0 saturated heterocycles. The summed E-state index contributed by atoms with van der Waals surface area (Å²) in [7, 11) is 0. The van der Waals surface area contributed by atoms with Crippen molar-refractivity contribution < 1.29 is 19.7 Å². The molecule has 1 aliphatic heterocycles. The fourth-order valence-electron chi connectivity index (χ4n) is 5.06. The van der Waals surface area contributed by atoms with Crippen molar-refractivity contribution in [2.45, 2.75) is 77.9 Å². The first-order chi connectivity index (χ1) is 13.9. The van der Waals surface area contributed by atoms with E-state index in [2.05, 4.69) is 30.9 Å². The molecule has 2 aliphatic carbocycles. The van der Waals surface area contributed by atoms with Crippen molar-refractivity contribution in [2.75, 3.05) is 0 Å². The van der Waals surface area contributed by atoms with Gasteiger partial charge >= 0.3 is 5.97 Å². The van der Waals surface area contributed by atoms with E-state index in [0.29, 0.717) is 30.6 Å². The van der Waals surface area contributed by atoms with E-state index in [1.807, 2.05) is 19.9 Å². The molecule has 2 N–H and O–H groups in total. The van der Waals surface area contributed by atoms with Crippen molar-refractivity contribution in [3.05, 3.63) is 35.1 Å². The molecular formula is C25H34O4. The van der Waals surface area contributed by atoms with Crippen LogP contribution in [0.25, 0.3) is 0 Å². The Balaban J connectivity index is 1.71. The van der Waals surface area contributed by atoms with E-state index < -0.39 is 12.1 Å². The van der Waals surface area contributed by atoms with Crippen molar-refractivity contribution in [3.8, 4) is 11.8 Å². The van der Waals surface area contributed by atoms with Crippen LogP contribution in [0.4, 0.5) is 0 Å². The number of allylic oxidation sites excluding steroid dienone is 3. The number of carboxylic acid groups (broad SMARTS) is 1. The molecule has 3 aliphatic rings. The van der Waals surface area contributed by atoms with Gasteiger partial charge in [0, 0.05) is 18.8 Å². The van der Waals surface area contributed by atoms with Crippen molar-refractivity contribution in [2.24, 2.45) is 23.7 Å². The Morgan fingerprint density at radius 2 is 2.24 bits per heavy atom. The summed E-state index contributed by atoms with van der Waals surface area (Å²) in [5.41, 5.74) is 2.62. The van der Waals surface area contributed by atoms with E-state index >= 15 is 0 Å². The van der Waals surface area contributed by atoms with Crippen LogP contribution in [0.5, 0.6) is 0 Å². The van der Waals surface area contributed by atoms with Gasteiger partial charge in [-0.1, -0.05) is 32.1 Å². The first-order valence-corrected chi connectivity index (χ1v) is 11.0. The summed E-state index contributed by atoms with van der Waals surface area (Å²) in [6.45, 7) is 6.14. The van der Waals surface area contributed by atoms with Gasteiger partial charge in [-0.05, 0) is 67.9 Å². The molecule has 4 nitrogen and oxygen atoms in total. The van der Waals surface area contributed by atoms with Crippen LogP contribution in [-0.2, 0) is 9.53 Å². The minimum atomic E-state index is -0.739. The van der Waals surface area contributed by atoms with Crippen LogP contribution in [0.1, 0.15) is 65.7 Å². The molecule has 1 fully saturated rings. The summed E-state index contributed by atoms with van der Waals surface area (Å²) in [5, 5.41) is 19.4. The van der Waals surface area contributed by atoms with E-state index in [-0.39, 0.29) is 18.4 Å². The Labute approximate surface area is 174 Å². The van der Waals surface area contributed by atoms with Crippen LogP contribution >= 0.6 is 0 Å². The first-order valence-electron chi connectivity index (χ1n) is 11.0. The standard InChI is InChI=1S/C25H34O4/c1-4-5-8-16(2)21(26)14-13-19-17(3)15-22-24(19)20-11-6-9-18(25(20)29-22)10-7-12-23(27)28/h9,13-14,16-17,19,21-22,24,26H,6-8,10-12,15H2,1-3H3,(H,27,28)/b14-13+/t16-,17?,19-,21?,22?,24?/m1/s1. The average molecular weight is 399 g/mol. The number of hydrogen-bond acceptors (Lipinski definition) is 3. The van der Waals surface area contributed by atoms with Crippen LogP contribution < -0.4 is 0 Å². The molecule has 4 heteroatoms. The van der Waals surface area contributed by atoms with Gasteiger partial charge in [-0.25, -0.2) is 0 Å². The van der Waals surface area contributed by atoms with Crippen LogP contribution in [-0.4, -0.2) is 28.4 Å². The number of aliphatic hydroxyl groups excluding tert-OH is 1. The largest absolute Gasteiger partial charge is 0.490 e. The third kappa shape index (κ3) is 4.95. The third-order valence-corrected chi connectivity index (χ3v) is 6.69. The highest BCUT2D eigenvalue weighted by Crippen LogP contribution is 2.53. The molecule has 0 aromatic carbocycles. The molecular weight excluding hydrogens is 364 g/mol. The van der Waals surface area contributed by atoms with Gasteiger partial charge < -0.3 is 14.9 Å². The number of aliphatic carboxylic acids is 1. The van der Waals surface area contributed by atoms with E-state index in [4.69, 9.17) is 9.84 Å². The highest BCUT2D eigenvalue weighted by Gasteiger charge is 2.49. The molecule has 3 rings (SSSR count). The predicted octanol–water partition coefficient (Wildman–Crippen LogP) is 4.85. The third-order valence-electron chi connectivity index (χ3n) is 6.69. The highest BCUT2D eigenvalue weighted by molar-refractivity contribution is 5.66. The van der Waals surface area contributed by atoms with Crippen molar-refractivity contribution >= 4 is 5.97 Å². The lowest BCUT2D eigenvalue weighted by Gasteiger charge is -2.23. The second kappa shape index (κ2) is 9.67. The summed E-state index contributed by atoms with van der Waals surface area (Å²) in [6.07, 6.45) is 11.6. The molecule has 0 spiro atoms. The maximum absolute atomic E-state index is 10.8. The summed E-state index contributed by atoms with van der Waals surface area (Å²) in [6, 6.07) is 0. The normalized spacial score (nSPS) is 30.1. The van der Waals surface area contributed by atoms with Gasteiger partial charge in [0.15, 0.2) is 0 Å². The number of rotatable bonds is 8. The molecule has 158 valence electrons. The maximum atomic E-state index is 10.8. The lowest BCUT2D eigenvalue weighted by atomic mass is 9.80. The number of fused-ring (bicyclic) bond motifs is 2.